The van der Waals surface area contributed by atoms with Crippen LogP contribution in [0.4, 0.5) is 10.5 Å². The number of hydrogen-bond acceptors (Lipinski definition) is 5. The first kappa shape index (κ1) is 18.4. The van der Waals surface area contributed by atoms with Gasteiger partial charge in [0.2, 0.25) is 0 Å². The first-order valence-electron chi connectivity index (χ1n) is 8.64. The lowest BCUT2D eigenvalue weighted by Crippen LogP contribution is -2.38. The molecule has 0 unspecified atom stereocenters. The van der Waals surface area contributed by atoms with E-state index in [0.717, 1.165) is 43.5 Å². The average Bonchev–Trinajstić information content (AvgIpc) is 2.87. The monoisotopic (exact) mass is 377 g/mol. The van der Waals surface area contributed by atoms with Gasteiger partial charge in [0.15, 0.2) is 14.9 Å². The molecule has 0 saturated carbocycles. The van der Waals surface area contributed by atoms with Crippen molar-refractivity contribution in [2.75, 3.05) is 18.1 Å². The van der Waals surface area contributed by atoms with E-state index >= 15 is 0 Å². The molecular weight excluding hydrogens is 354 g/mol. The highest BCUT2D eigenvalue weighted by Gasteiger charge is 2.29. The maximum atomic E-state index is 12.8. The Labute approximate surface area is 153 Å². The number of aromatic nitrogens is 1. The smallest absolute Gasteiger partial charge is 0.322 e. The summed E-state index contributed by atoms with van der Waals surface area (Å²) in [5.41, 5.74) is 0.459. The Bertz CT molecular complexity index is 874. The third-order valence-corrected chi connectivity index (χ3v) is 5.47. The Morgan fingerprint density at radius 2 is 2.04 bits per heavy atom. The molecule has 1 atom stereocenters. The lowest BCUT2D eigenvalue weighted by molar-refractivity contribution is 0.178. The van der Waals surface area contributed by atoms with Crippen molar-refractivity contribution in [1.82, 2.24) is 9.88 Å². The molecule has 7 nitrogen and oxygen atoms in total. The predicted octanol–water partition coefficient (Wildman–Crippen LogP) is 3.54. The summed E-state index contributed by atoms with van der Waals surface area (Å²) in [7, 11) is -3.36. The van der Waals surface area contributed by atoms with E-state index in [1.165, 1.54) is 12.3 Å². The number of rotatable bonds is 3. The molecule has 1 aliphatic heterocycles. The first-order chi connectivity index (χ1) is 12.3. The second kappa shape index (κ2) is 7.49. The van der Waals surface area contributed by atoms with Gasteiger partial charge in [-0.1, -0.05) is 12.8 Å². The number of nitrogens with zero attached hydrogens (tertiary/aromatic N) is 2. The van der Waals surface area contributed by atoms with Crippen LogP contribution in [0.5, 0.6) is 0 Å². The molecule has 1 saturated heterocycles. The number of aryl methyl sites for hydroxylation is 1. The number of furan rings is 1. The summed E-state index contributed by atoms with van der Waals surface area (Å²) in [5, 5.41) is 2.79. The van der Waals surface area contributed by atoms with E-state index in [1.807, 2.05) is 19.1 Å². The number of sulfone groups is 1. The van der Waals surface area contributed by atoms with Crippen molar-refractivity contribution >= 4 is 21.6 Å². The van der Waals surface area contributed by atoms with Crippen molar-refractivity contribution in [3.63, 3.8) is 0 Å². The van der Waals surface area contributed by atoms with Gasteiger partial charge in [0.1, 0.15) is 11.5 Å². The minimum Gasteiger partial charge on any atom is -0.464 e. The van der Waals surface area contributed by atoms with Crippen molar-refractivity contribution in [3.05, 3.63) is 42.0 Å². The molecule has 1 aliphatic rings. The second-order valence-electron chi connectivity index (χ2n) is 6.59. The molecule has 0 radical (unpaired) electrons. The fourth-order valence-corrected chi connectivity index (χ4v) is 3.71. The van der Waals surface area contributed by atoms with Gasteiger partial charge in [-0.15, -0.1) is 0 Å². The second-order valence-corrected chi connectivity index (χ2v) is 8.56. The Kier molecular flexibility index (Phi) is 5.31. The molecule has 1 N–H and O–H groups in total. The van der Waals surface area contributed by atoms with E-state index in [-0.39, 0.29) is 17.1 Å². The van der Waals surface area contributed by atoms with Crippen LogP contribution in [0.3, 0.4) is 0 Å². The molecule has 2 amide bonds. The summed E-state index contributed by atoms with van der Waals surface area (Å²) in [6, 6.07) is 6.43. The number of urea groups is 1. The van der Waals surface area contributed by atoms with Crippen LogP contribution in [0.1, 0.15) is 43.2 Å². The lowest BCUT2D eigenvalue weighted by Gasteiger charge is -2.28. The standard InChI is InChI=1S/C18H23N3O4S/c1-13-7-9-16(25-13)15-6-4-3-5-11-21(15)18(22)20-14-8-10-17(19-12-14)26(2,23)24/h7-10,12,15H,3-6,11H2,1-2H3,(H,20,22)/t15-/m0/s1. The minimum atomic E-state index is -3.36. The van der Waals surface area contributed by atoms with Crippen LogP contribution >= 0.6 is 0 Å². The number of carbonyl (C=O) groups excluding carboxylic acids is 1. The molecule has 0 aromatic carbocycles. The van der Waals surface area contributed by atoms with Gasteiger partial charge in [0.05, 0.1) is 17.9 Å². The van der Waals surface area contributed by atoms with Crippen molar-refractivity contribution in [3.8, 4) is 0 Å². The van der Waals surface area contributed by atoms with Crippen LogP contribution in [0, 0.1) is 6.92 Å². The Balaban J connectivity index is 1.77. The topological polar surface area (TPSA) is 92.5 Å². The third-order valence-electron chi connectivity index (χ3n) is 4.47. The van der Waals surface area contributed by atoms with E-state index in [9.17, 15) is 13.2 Å². The summed E-state index contributed by atoms with van der Waals surface area (Å²) in [6.07, 6.45) is 6.36. The van der Waals surface area contributed by atoms with Gasteiger partial charge in [-0.3, -0.25) is 0 Å². The van der Waals surface area contributed by atoms with E-state index < -0.39 is 9.84 Å². The van der Waals surface area contributed by atoms with Gasteiger partial charge < -0.3 is 14.6 Å². The Morgan fingerprint density at radius 1 is 1.23 bits per heavy atom. The van der Waals surface area contributed by atoms with Gasteiger partial charge in [-0.25, -0.2) is 18.2 Å². The zero-order chi connectivity index (χ0) is 18.7. The SMILES string of the molecule is Cc1ccc([C@@H]2CCCCCN2C(=O)Nc2ccc(S(C)(=O)=O)nc2)o1. The summed E-state index contributed by atoms with van der Waals surface area (Å²) in [6.45, 7) is 2.53. The van der Waals surface area contributed by atoms with Gasteiger partial charge in [0, 0.05) is 12.8 Å². The Morgan fingerprint density at radius 3 is 2.65 bits per heavy atom. The van der Waals surface area contributed by atoms with Crippen molar-refractivity contribution < 1.29 is 17.6 Å². The highest BCUT2D eigenvalue weighted by atomic mass is 32.2. The van der Waals surface area contributed by atoms with Crippen molar-refractivity contribution in [2.24, 2.45) is 0 Å². The quantitative estimate of drug-likeness (QED) is 0.883. The molecule has 3 heterocycles. The molecular formula is C18H23N3O4S. The number of nitrogens with one attached hydrogen (secondary N) is 1. The van der Waals surface area contributed by atoms with E-state index in [4.69, 9.17) is 4.42 Å². The fraction of sp³-hybridized carbons (Fsp3) is 0.444. The average molecular weight is 377 g/mol. The number of carbonyl (C=O) groups is 1. The third kappa shape index (κ3) is 4.24. The van der Waals surface area contributed by atoms with Crippen LogP contribution in [0.2, 0.25) is 0 Å². The molecule has 140 valence electrons. The Hall–Kier alpha value is -2.35. The summed E-state index contributed by atoms with van der Waals surface area (Å²) in [4.78, 5) is 18.5. The summed E-state index contributed by atoms with van der Waals surface area (Å²) >= 11 is 0. The first-order valence-corrected chi connectivity index (χ1v) is 10.5. The molecule has 3 rings (SSSR count). The van der Waals surface area contributed by atoms with Gasteiger partial charge in [-0.2, -0.15) is 0 Å². The summed E-state index contributed by atoms with van der Waals surface area (Å²) < 4.78 is 28.7. The van der Waals surface area contributed by atoms with Crippen LogP contribution in [0.15, 0.2) is 39.9 Å². The number of hydrogen-bond donors (Lipinski definition) is 1. The van der Waals surface area contributed by atoms with Crippen LogP contribution in [-0.2, 0) is 9.84 Å². The molecule has 2 aromatic rings. The molecule has 0 aliphatic carbocycles. The zero-order valence-corrected chi connectivity index (χ0v) is 15.8. The zero-order valence-electron chi connectivity index (χ0n) is 14.9. The number of anilines is 1. The number of amides is 2. The maximum absolute atomic E-state index is 12.8. The summed E-state index contributed by atoms with van der Waals surface area (Å²) in [5.74, 6) is 1.62. The molecule has 26 heavy (non-hydrogen) atoms. The fourth-order valence-electron chi connectivity index (χ4n) is 3.15. The predicted molar refractivity (Wildman–Crippen MR) is 97.7 cm³/mol. The van der Waals surface area contributed by atoms with Crippen LogP contribution in [-0.4, -0.2) is 37.1 Å². The lowest BCUT2D eigenvalue weighted by atomic mass is 10.1. The van der Waals surface area contributed by atoms with Gasteiger partial charge >= 0.3 is 6.03 Å². The number of pyridine rings is 1. The highest BCUT2D eigenvalue weighted by molar-refractivity contribution is 7.90. The number of likely N-dealkylation sites (tertiary alicyclic amines) is 1. The van der Waals surface area contributed by atoms with Crippen molar-refractivity contribution in [2.45, 2.75) is 43.7 Å². The van der Waals surface area contributed by atoms with Crippen LogP contribution < -0.4 is 5.32 Å². The molecule has 0 bridgehead atoms. The molecule has 0 spiro atoms. The highest BCUT2D eigenvalue weighted by Crippen LogP contribution is 2.31. The minimum absolute atomic E-state index is 0.0193. The van der Waals surface area contributed by atoms with Gasteiger partial charge in [-0.05, 0) is 44.0 Å². The van der Waals surface area contributed by atoms with Crippen LogP contribution in [0.25, 0.3) is 0 Å². The molecule has 1 fully saturated rings. The van der Waals surface area contributed by atoms with E-state index in [2.05, 4.69) is 10.3 Å². The largest absolute Gasteiger partial charge is 0.464 e. The van der Waals surface area contributed by atoms with E-state index in [0.29, 0.717) is 12.2 Å². The normalized spacial score (nSPS) is 18.4. The van der Waals surface area contributed by atoms with Crippen molar-refractivity contribution in [1.29, 1.82) is 0 Å². The van der Waals surface area contributed by atoms with E-state index in [1.54, 1.807) is 11.0 Å². The van der Waals surface area contributed by atoms with Gasteiger partial charge in [0.25, 0.3) is 0 Å². The maximum Gasteiger partial charge on any atom is 0.322 e. The molecule has 2 aromatic heterocycles. The molecule has 8 heteroatoms.